The summed E-state index contributed by atoms with van der Waals surface area (Å²) in [5, 5.41) is 12.9. The van der Waals surface area contributed by atoms with Gasteiger partial charge in [0.05, 0.1) is 18.8 Å². The van der Waals surface area contributed by atoms with Gasteiger partial charge in [-0.1, -0.05) is 26.2 Å². The van der Waals surface area contributed by atoms with Crippen LogP contribution in [-0.2, 0) is 22.6 Å². The molecular formula is C16H21NO4S. The number of rotatable bonds is 3. The molecule has 0 bridgehead atoms. The highest BCUT2D eigenvalue weighted by Gasteiger charge is 2.36. The van der Waals surface area contributed by atoms with E-state index in [-0.39, 0.29) is 16.9 Å². The molecule has 2 N–H and O–H groups in total. The van der Waals surface area contributed by atoms with Gasteiger partial charge in [0.15, 0.2) is 0 Å². The minimum absolute atomic E-state index is 0.0470. The molecule has 0 radical (unpaired) electrons. The second kappa shape index (κ2) is 6.01. The normalized spacial score (nSPS) is 20.2. The minimum Gasteiger partial charge on any atom is -0.478 e. The first-order valence-corrected chi connectivity index (χ1v) is 8.60. The molecule has 5 nitrogen and oxygen atoms in total. The number of ether oxygens (including phenoxy) is 1. The molecule has 1 saturated carbocycles. The number of hydrogen-bond acceptors (Lipinski definition) is 4. The number of aromatic carboxylic acids is 1. The molecule has 1 fully saturated rings. The van der Waals surface area contributed by atoms with Crippen LogP contribution in [0.15, 0.2) is 0 Å². The third-order valence-electron chi connectivity index (χ3n) is 4.77. The Kier molecular flexibility index (Phi) is 4.23. The van der Waals surface area contributed by atoms with E-state index in [0.29, 0.717) is 24.6 Å². The fraction of sp³-hybridized carbons (Fsp3) is 0.625. The van der Waals surface area contributed by atoms with Gasteiger partial charge < -0.3 is 15.2 Å². The molecule has 0 saturated heterocycles. The summed E-state index contributed by atoms with van der Waals surface area (Å²) in [6, 6.07) is 0. The number of fused-ring (bicyclic) bond motifs is 1. The number of anilines is 1. The number of amides is 1. The van der Waals surface area contributed by atoms with Crippen LogP contribution in [-0.4, -0.2) is 23.6 Å². The molecule has 2 heterocycles. The van der Waals surface area contributed by atoms with Crippen molar-refractivity contribution in [1.29, 1.82) is 0 Å². The zero-order valence-electron chi connectivity index (χ0n) is 12.7. The molecular weight excluding hydrogens is 302 g/mol. The van der Waals surface area contributed by atoms with Gasteiger partial charge in [-0.05, 0) is 24.8 Å². The quantitative estimate of drug-likeness (QED) is 0.893. The summed E-state index contributed by atoms with van der Waals surface area (Å²) in [5.41, 5.74) is 0.707. The predicted molar refractivity (Wildman–Crippen MR) is 84.5 cm³/mol. The predicted octanol–water partition coefficient (Wildman–Crippen LogP) is 3.43. The first-order valence-electron chi connectivity index (χ1n) is 7.78. The number of carboxylic acids is 1. The van der Waals surface area contributed by atoms with Crippen molar-refractivity contribution < 1.29 is 19.4 Å². The third-order valence-corrected chi connectivity index (χ3v) is 5.89. The van der Waals surface area contributed by atoms with Crippen molar-refractivity contribution in [1.82, 2.24) is 0 Å². The number of carboxylic acid groups (broad SMARTS) is 1. The second-order valence-corrected chi connectivity index (χ2v) is 7.50. The van der Waals surface area contributed by atoms with Crippen LogP contribution in [0.2, 0.25) is 0 Å². The largest absolute Gasteiger partial charge is 0.478 e. The zero-order valence-corrected chi connectivity index (χ0v) is 13.6. The summed E-state index contributed by atoms with van der Waals surface area (Å²) in [7, 11) is 0. The van der Waals surface area contributed by atoms with Crippen molar-refractivity contribution >= 4 is 28.2 Å². The van der Waals surface area contributed by atoms with Crippen molar-refractivity contribution in [3.8, 4) is 0 Å². The Hall–Kier alpha value is -1.40. The molecule has 1 amide bonds. The molecule has 1 aromatic heterocycles. The van der Waals surface area contributed by atoms with E-state index in [2.05, 4.69) is 5.32 Å². The Morgan fingerprint density at radius 2 is 2.00 bits per heavy atom. The van der Waals surface area contributed by atoms with Crippen LogP contribution in [0.25, 0.3) is 0 Å². The fourth-order valence-corrected chi connectivity index (χ4v) is 4.53. The summed E-state index contributed by atoms with van der Waals surface area (Å²) in [6.07, 6.45) is 5.63. The van der Waals surface area contributed by atoms with E-state index in [0.717, 1.165) is 36.1 Å². The molecule has 6 heteroatoms. The van der Waals surface area contributed by atoms with Crippen LogP contribution in [0.1, 0.15) is 59.8 Å². The molecule has 3 rings (SSSR count). The number of carbonyl (C=O) groups is 2. The van der Waals surface area contributed by atoms with Gasteiger partial charge in [0.25, 0.3) is 0 Å². The lowest BCUT2D eigenvalue weighted by molar-refractivity contribution is -0.126. The topological polar surface area (TPSA) is 75.6 Å². The van der Waals surface area contributed by atoms with Crippen LogP contribution in [0.4, 0.5) is 5.00 Å². The molecule has 1 aliphatic heterocycles. The maximum Gasteiger partial charge on any atom is 0.339 e. The van der Waals surface area contributed by atoms with E-state index in [1.807, 2.05) is 6.92 Å². The summed E-state index contributed by atoms with van der Waals surface area (Å²) in [5.74, 6) is -1.02. The van der Waals surface area contributed by atoms with E-state index in [4.69, 9.17) is 4.74 Å². The van der Waals surface area contributed by atoms with E-state index < -0.39 is 5.97 Å². The highest BCUT2D eigenvalue weighted by molar-refractivity contribution is 7.17. The van der Waals surface area contributed by atoms with Gasteiger partial charge in [0, 0.05) is 10.3 Å². The number of carbonyl (C=O) groups excluding carboxylic acids is 1. The first kappa shape index (κ1) is 15.5. The average Bonchev–Trinajstić information content (AvgIpc) is 2.85. The van der Waals surface area contributed by atoms with E-state index in [9.17, 15) is 14.7 Å². The Labute approximate surface area is 133 Å². The Morgan fingerprint density at radius 3 is 2.68 bits per heavy atom. The van der Waals surface area contributed by atoms with Gasteiger partial charge in [-0.25, -0.2) is 4.79 Å². The minimum atomic E-state index is -0.969. The van der Waals surface area contributed by atoms with Gasteiger partial charge in [0.2, 0.25) is 5.91 Å². The second-order valence-electron chi connectivity index (χ2n) is 6.39. The summed E-state index contributed by atoms with van der Waals surface area (Å²) in [6.45, 7) is 2.96. The van der Waals surface area contributed by atoms with Gasteiger partial charge in [-0.15, -0.1) is 11.3 Å². The van der Waals surface area contributed by atoms with Crippen molar-refractivity contribution in [2.24, 2.45) is 5.41 Å². The lowest BCUT2D eigenvalue weighted by Crippen LogP contribution is -2.35. The van der Waals surface area contributed by atoms with Crippen LogP contribution in [0.5, 0.6) is 0 Å². The van der Waals surface area contributed by atoms with Crippen LogP contribution < -0.4 is 5.32 Å². The average molecular weight is 323 g/mol. The smallest absolute Gasteiger partial charge is 0.339 e. The summed E-state index contributed by atoms with van der Waals surface area (Å²) < 4.78 is 5.39. The SMILES string of the molecule is CC1(C(=O)Nc2sc3c(c2C(=O)O)CCOC3)CCCCC1. The first-order chi connectivity index (χ1) is 10.5. The lowest BCUT2D eigenvalue weighted by atomic mass is 9.75. The maximum atomic E-state index is 12.6. The monoisotopic (exact) mass is 323 g/mol. The zero-order chi connectivity index (χ0) is 15.7. The van der Waals surface area contributed by atoms with Crippen LogP contribution >= 0.6 is 11.3 Å². The molecule has 120 valence electrons. The Bertz CT molecular complexity index is 602. The third kappa shape index (κ3) is 2.77. The Morgan fingerprint density at radius 1 is 1.27 bits per heavy atom. The van der Waals surface area contributed by atoms with Gasteiger partial charge in [-0.3, -0.25) is 4.79 Å². The van der Waals surface area contributed by atoms with Gasteiger partial charge >= 0.3 is 5.97 Å². The van der Waals surface area contributed by atoms with Crippen LogP contribution in [0.3, 0.4) is 0 Å². The van der Waals surface area contributed by atoms with Crippen molar-refractivity contribution in [3.63, 3.8) is 0 Å². The lowest BCUT2D eigenvalue weighted by Gasteiger charge is -2.31. The standard InChI is InChI=1S/C16H21NO4S/c1-16(6-3-2-4-7-16)15(20)17-13-12(14(18)19)10-5-8-21-9-11(10)22-13/h2-9H2,1H3,(H,17,20)(H,18,19). The molecule has 1 aromatic rings. The molecule has 1 aliphatic carbocycles. The fourth-order valence-electron chi connectivity index (χ4n) is 3.36. The Balaban J connectivity index is 1.87. The van der Waals surface area contributed by atoms with Crippen molar-refractivity contribution in [2.75, 3.05) is 11.9 Å². The molecule has 2 aliphatic rings. The highest BCUT2D eigenvalue weighted by atomic mass is 32.1. The number of nitrogens with one attached hydrogen (secondary N) is 1. The van der Waals surface area contributed by atoms with E-state index in [1.165, 1.54) is 17.8 Å². The highest BCUT2D eigenvalue weighted by Crippen LogP contribution is 2.40. The van der Waals surface area contributed by atoms with E-state index >= 15 is 0 Å². The molecule has 22 heavy (non-hydrogen) atoms. The molecule has 0 atom stereocenters. The molecule has 0 aromatic carbocycles. The van der Waals surface area contributed by atoms with Crippen molar-refractivity contribution in [2.45, 2.75) is 52.1 Å². The maximum absolute atomic E-state index is 12.6. The van der Waals surface area contributed by atoms with Crippen LogP contribution in [0, 0.1) is 5.41 Å². The number of hydrogen-bond donors (Lipinski definition) is 2. The molecule has 0 unspecified atom stereocenters. The molecule has 0 spiro atoms. The van der Waals surface area contributed by atoms with Gasteiger partial charge in [0.1, 0.15) is 5.00 Å². The van der Waals surface area contributed by atoms with E-state index in [1.54, 1.807) is 0 Å². The summed E-state index contributed by atoms with van der Waals surface area (Å²) in [4.78, 5) is 25.2. The summed E-state index contributed by atoms with van der Waals surface area (Å²) >= 11 is 1.34. The number of thiophene rings is 1. The van der Waals surface area contributed by atoms with Crippen molar-refractivity contribution in [3.05, 3.63) is 16.0 Å². The van der Waals surface area contributed by atoms with Gasteiger partial charge in [-0.2, -0.15) is 0 Å².